The number of amides is 1. The lowest BCUT2D eigenvalue weighted by Gasteiger charge is -2.22. The van der Waals surface area contributed by atoms with Crippen molar-refractivity contribution >= 4 is 5.91 Å². The van der Waals surface area contributed by atoms with Crippen molar-refractivity contribution in [2.45, 2.75) is 40.5 Å². The van der Waals surface area contributed by atoms with Crippen LogP contribution in [-0.2, 0) is 4.79 Å². The van der Waals surface area contributed by atoms with Crippen molar-refractivity contribution < 1.29 is 9.90 Å². The number of aliphatic hydroxyl groups excluding tert-OH is 1. The quantitative estimate of drug-likeness (QED) is 0.709. The third-order valence-corrected chi connectivity index (χ3v) is 1.93. The van der Waals surface area contributed by atoms with Gasteiger partial charge in [-0.3, -0.25) is 4.79 Å². The Balaban J connectivity index is 3.71. The molecule has 0 aliphatic rings. The van der Waals surface area contributed by atoms with Crippen LogP contribution in [0.1, 0.15) is 40.5 Å². The summed E-state index contributed by atoms with van der Waals surface area (Å²) in [4.78, 5) is 11.3. The fraction of sp³-hybridized carbons (Fsp3) is 0.909. The number of hydrogen-bond acceptors (Lipinski definition) is 2. The van der Waals surface area contributed by atoms with Crippen LogP contribution in [0.4, 0.5) is 0 Å². The highest BCUT2D eigenvalue weighted by Gasteiger charge is 2.17. The van der Waals surface area contributed by atoms with Gasteiger partial charge in [-0.1, -0.05) is 27.7 Å². The molecule has 0 bridgehead atoms. The molecule has 3 nitrogen and oxygen atoms in total. The minimum absolute atomic E-state index is 0.0133. The van der Waals surface area contributed by atoms with Gasteiger partial charge < -0.3 is 10.4 Å². The summed E-state index contributed by atoms with van der Waals surface area (Å²) in [6, 6.07) is 0. The molecule has 0 radical (unpaired) electrons. The third kappa shape index (κ3) is 8.05. The van der Waals surface area contributed by atoms with E-state index < -0.39 is 0 Å². The predicted molar refractivity (Wildman–Crippen MR) is 57.9 cm³/mol. The number of carbonyl (C=O) groups excluding carboxylic acids is 1. The van der Waals surface area contributed by atoms with Gasteiger partial charge in [-0.15, -0.1) is 0 Å². The lowest BCUT2D eigenvalue weighted by atomic mass is 9.84. The van der Waals surface area contributed by atoms with E-state index in [1.165, 1.54) is 0 Å². The molecular formula is C11H23NO2. The molecule has 1 unspecified atom stereocenters. The summed E-state index contributed by atoms with van der Waals surface area (Å²) in [5.74, 6) is 0.435. The SMILES string of the molecule is CC(CC(=O)NCCO)CC(C)(C)C. The molecule has 3 heteroatoms. The molecule has 14 heavy (non-hydrogen) atoms. The van der Waals surface area contributed by atoms with E-state index in [1.54, 1.807) is 0 Å². The first-order chi connectivity index (χ1) is 6.35. The second-order valence-corrected chi connectivity index (χ2v) is 5.15. The molecular weight excluding hydrogens is 178 g/mol. The minimum atomic E-state index is 0.0133. The van der Waals surface area contributed by atoms with E-state index in [9.17, 15) is 4.79 Å². The van der Waals surface area contributed by atoms with Gasteiger partial charge >= 0.3 is 0 Å². The molecule has 1 atom stereocenters. The molecule has 0 rings (SSSR count). The molecule has 1 amide bonds. The highest BCUT2D eigenvalue weighted by molar-refractivity contribution is 5.76. The van der Waals surface area contributed by atoms with E-state index in [0.29, 0.717) is 18.9 Å². The summed E-state index contributed by atoms with van der Waals surface area (Å²) in [5, 5.41) is 11.2. The highest BCUT2D eigenvalue weighted by Crippen LogP contribution is 2.25. The summed E-state index contributed by atoms with van der Waals surface area (Å²) in [5.41, 5.74) is 0.274. The summed E-state index contributed by atoms with van der Waals surface area (Å²) in [7, 11) is 0. The van der Waals surface area contributed by atoms with E-state index in [2.05, 4.69) is 33.0 Å². The summed E-state index contributed by atoms with van der Waals surface area (Å²) in [6.07, 6.45) is 1.59. The molecule has 0 spiro atoms. The van der Waals surface area contributed by atoms with Crippen LogP contribution in [-0.4, -0.2) is 24.2 Å². The van der Waals surface area contributed by atoms with Crippen LogP contribution in [0.5, 0.6) is 0 Å². The number of nitrogens with one attached hydrogen (secondary N) is 1. The Morgan fingerprint density at radius 2 is 2.00 bits per heavy atom. The van der Waals surface area contributed by atoms with Crippen LogP contribution in [0.15, 0.2) is 0 Å². The molecule has 2 N–H and O–H groups in total. The van der Waals surface area contributed by atoms with Crippen LogP contribution in [0, 0.1) is 11.3 Å². The Morgan fingerprint density at radius 3 is 2.43 bits per heavy atom. The van der Waals surface area contributed by atoms with Crippen molar-refractivity contribution in [1.82, 2.24) is 5.32 Å². The molecule has 0 aliphatic heterocycles. The Morgan fingerprint density at radius 1 is 1.43 bits per heavy atom. The van der Waals surface area contributed by atoms with Crippen molar-refractivity contribution in [2.75, 3.05) is 13.2 Å². The fourth-order valence-electron chi connectivity index (χ4n) is 1.70. The maximum atomic E-state index is 11.3. The Labute approximate surface area is 86.9 Å². The summed E-state index contributed by atoms with van der Waals surface area (Å²) >= 11 is 0. The molecule has 0 saturated carbocycles. The van der Waals surface area contributed by atoms with Gasteiger partial charge in [-0.2, -0.15) is 0 Å². The van der Waals surface area contributed by atoms with Crippen LogP contribution < -0.4 is 5.32 Å². The van der Waals surface area contributed by atoms with Crippen LogP contribution in [0.2, 0.25) is 0 Å². The van der Waals surface area contributed by atoms with Crippen molar-refractivity contribution in [3.05, 3.63) is 0 Å². The predicted octanol–water partition coefficient (Wildman–Crippen LogP) is 1.56. The van der Waals surface area contributed by atoms with Gasteiger partial charge in [0.05, 0.1) is 6.61 Å². The second-order valence-electron chi connectivity index (χ2n) is 5.15. The van der Waals surface area contributed by atoms with Gasteiger partial charge in [-0.25, -0.2) is 0 Å². The largest absolute Gasteiger partial charge is 0.395 e. The fourth-order valence-corrected chi connectivity index (χ4v) is 1.70. The van der Waals surface area contributed by atoms with Crippen molar-refractivity contribution in [3.63, 3.8) is 0 Å². The normalized spacial score (nSPS) is 13.8. The maximum Gasteiger partial charge on any atom is 0.220 e. The van der Waals surface area contributed by atoms with E-state index in [0.717, 1.165) is 6.42 Å². The van der Waals surface area contributed by atoms with Gasteiger partial charge in [0, 0.05) is 13.0 Å². The first-order valence-electron chi connectivity index (χ1n) is 5.22. The van der Waals surface area contributed by atoms with Crippen LogP contribution >= 0.6 is 0 Å². The van der Waals surface area contributed by atoms with Gasteiger partial charge in [0.2, 0.25) is 5.91 Å². The van der Waals surface area contributed by atoms with E-state index >= 15 is 0 Å². The standard InChI is InChI=1S/C11H23NO2/c1-9(8-11(2,3)4)7-10(14)12-5-6-13/h9,13H,5-8H2,1-4H3,(H,12,14). The van der Waals surface area contributed by atoms with E-state index in [4.69, 9.17) is 5.11 Å². The second kappa shape index (κ2) is 6.02. The maximum absolute atomic E-state index is 11.3. The summed E-state index contributed by atoms with van der Waals surface area (Å²) in [6.45, 7) is 8.99. The topological polar surface area (TPSA) is 49.3 Å². The first-order valence-corrected chi connectivity index (χ1v) is 5.22. The van der Waals surface area contributed by atoms with Gasteiger partial charge in [-0.05, 0) is 17.8 Å². The monoisotopic (exact) mass is 201 g/mol. The van der Waals surface area contributed by atoms with Crippen molar-refractivity contribution in [1.29, 1.82) is 0 Å². The lowest BCUT2D eigenvalue weighted by molar-refractivity contribution is -0.122. The van der Waals surface area contributed by atoms with Crippen molar-refractivity contribution in [3.8, 4) is 0 Å². The average Bonchev–Trinajstić information content (AvgIpc) is 1.96. The highest BCUT2D eigenvalue weighted by atomic mass is 16.3. The number of aliphatic hydroxyl groups is 1. The Kier molecular flexibility index (Phi) is 5.77. The van der Waals surface area contributed by atoms with E-state index in [1.807, 2.05) is 0 Å². The van der Waals surface area contributed by atoms with Crippen LogP contribution in [0.3, 0.4) is 0 Å². The zero-order valence-corrected chi connectivity index (χ0v) is 9.76. The molecule has 0 aromatic carbocycles. The number of hydrogen-bond donors (Lipinski definition) is 2. The Hall–Kier alpha value is -0.570. The van der Waals surface area contributed by atoms with Gasteiger partial charge in [0.1, 0.15) is 0 Å². The molecule has 0 fully saturated rings. The molecule has 0 heterocycles. The van der Waals surface area contributed by atoms with Crippen molar-refractivity contribution in [2.24, 2.45) is 11.3 Å². The van der Waals surface area contributed by atoms with Gasteiger partial charge in [0.15, 0.2) is 0 Å². The number of carbonyl (C=O) groups is 1. The molecule has 0 saturated heterocycles. The molecule has 0 aromatic heterocycles. The lowest BCUT2D eigenvalue weighted by Crippen LogP contribution is -2.28. The summed E-state index contributed by atoms with van der Waals surface area (Å²) < 4.78 is 0. The Bertz CT molecular complexity index is 173. The molecule has 84 valence electrons. The minimum Gasteiger partial charge on any atom is -0.395 e. The third-order valence-electron chi connectivity index (χ3n) is 1.93. The molecule has 0 aromatic rings. The van der Waals surface area contributed by atoms with E-state index in [-0.39, 0.29) is 17.9 Å². The van der Waals surface area contributed by atoms with Crippen LogP contribution in [0.25, 0.3) is 0 Å². The smallest absolute Gasteiger partial charge is 0.220 e. The zero-order valence-electron chi connectivity index (χ0n) is 9.76. The number of rotatable bonds is 5. The zero-order chi connectivity index (χ0) is 11.2. The van der Waals surface area contributed by atoms with Gasteiger partial charge in [0.25, 0.3) is 0 Å². The molecule has 0 aliphatic carbocycles. The first kappa shape index (κ1) is 13.4. The average molecular weight is 201 g/mol.